The van der Waals surface area contributed by atoms with Crippen LogP contribution in [0.2, 0.25) is 10.0 Å². The average molecular weight is 373 g/mol. The second-order valence-electron chi connectivity index (χ2n) is 5.42. The number of nitrogens with zero attached hydrogens (tertiary/aromatic N) is 1. The zero-order chi connectivity index (χ0) is 17.8. The molecule has 25 heavy (non-hydrogen) atoms. The number of para-hydroxylation sites is 1. The molecule has 0 saturated heterocycles. The quantitative estimate of drug-likeness (QED) is 0.734. The summed E-state index contributed by atoms with van der Waals surface area (Å²) in [6.45, 7) is 0.294. The molecule has 0 radical (unpaired) electrons. The molecular weight excluding hydrogens is 359 g/mol. The first-order chi connectivity index (χ1) is 12.0. The minimum atomic E-state index is -0.445. The molecule has 0 spiro atoms. The average Bonchev–Trinajstić information content (AvgIpc) is 2.61. The van der Waals surface area contributed by atoms with Gasteiger partial charge in [-0.25, -0.2) is 0 Å². The minimum absolute atomic E-state index is 0.0754. The molecule has 4 nitrogen and oxygen atoms in total. The number of rotatable bonds is 4. The summed E-state index contributed by atoms with van der Waals surface area (Å²) in [5.74, 6) is -0.445. The van der Waals surface area contributed by atoms with Crippen molar-refractivity contribution < 1.29 is 4.79 Å². The molecule has 0 aliphatic carbocycles. The van der Waals surface area contributed by atoms with Gasteiger partial charge in [0.25, 0.3) is 11.5 Å². The standard InChI is InChI=1S/C19H14Cl2N2O2/c20-16-9-8-13(11-17(16)21)12-23-10-4-7-15(19(23)25)18(24)22-14-5-2-1-3-6-14/h1-11H,12H2,(H,22,24). The van der Waals surface area contributed by atoms with Crippen LogP contribution < -0.4 is 10.9 Å². The van der Waals surface area contributed by atoms with E-state index in [1.54, 1.807) is 42.6 Å². The Morgan fingerprint density at radius 2 is 1.72 bits per heavy atom. The highest BCUT2D eigenvalue weighted by Gasteiger charge is 2.12. The third kappa shape index (κ3) is 4.10. The van der Waals surface area contributed by atoms with Gasteiger partial charge in [-0.15, -0.1) is 0 Å². The summed E-state index contributed by atoms with van der Waals surface area (Å²) in [5.41, 5.74) is 1.15. The van der Waals surface area contributed by atoms with Crippen molar-refractivity contribution in [2.75, 3.05) is 5.32 Å². The Morgan fingerprint density at radius 3 is 2.44 bits per heavy atom. The summed E-state index contributed by atoms with van der Waals surface area (Å²) in [6, 6.07) is 17.3. The van der Waals surface area contributed by atoms with Gasteiger partial charge < -0.3 is 9.88 Å². The lowest BCUT2D eigenvalue weighted by Crippen LogP contribution is -2.29. The van der Waals surface area contributed by atoms with Gasteiger partial charge in [0.1, 0.15) is 5.56 Å². The summed E-state index contributed by atoms with van der Waals surface area (Å²) in [4.78, 5) is 25.0. The van der Waals surface area contributed by atoms with Gasteiger partial charge in [-0.1, -0.05) is 47.5 Å². The summed E-state index contributed by atoms with van der Waals surface area (Å²) in [7, 11) is 0. The van der Waals surface area contributed by atoms with Gasteiger partial charge in [-0.2, -0.15) is 0 Å². The monoisotopic (exact) mass is 372 g/mol. The highest BCUT2D eigenvalue weighted by molar-refractivity contribution is 6.42. The number of carbonyl (C=O) groups is 1. The molecule has 0 bridgehead atoms. The van der Waals surface area contributed by atoms with Gasteiger partial charge in [0, 0.05) is 11.9 Å². The Labute approximate surface area is 154 Å². The maximum absolute atomic E-state index is 12.6. The van der Waals surface area contributed by atoms with E-state index in [0.29, 0.717) is 22.3 Å². The lowest BCUT2D eigenvalue weighted by molar-refractivity contribution is 0.102. The van der Waals surface area contributed by atoms with Crippen molar-refractivity contribution >= 4 is 34.8 Å². The third-order valence-corrected chi connectivity index (χ3v) is 4.37. The number of carbonyl (C=O) groups excluding carboxylic acids is 1. The first kappa shape index (κ1) is 17.3. The van der Waals surface area contributed by atoms with Crippen LogP contribution in [0.1, 0.15) is 15.9 Å². The van der Waals surface area contributed by atoms with E-state index in [0.717, 1.165) is 5.56 Å². The van der Waals surface area contributed by atoms with E-state index >= 15 is 0 Å². The van der Waals surface area contributed by atoms with Crippen molar-refractivity contribution in [2.24, 2.45) is 0 Å². The van der Waals surface area contributed by atoms with Crippen molar-refractivity contribution in [3.05, 3.63) is 98.4 Å². The van der Waals surface area contributed by atoms with Gasteiger partial charge in [-0.05, 0) is 42.0 Å². The molecule has 1 amide bonds. The summed E-state index contributed by atoms with van der Waals surface area (Å²) in [5, 5.41) is 3.59. The van der Waals surface area contributed by atoms with E-state index in [1.165, 1.54) is 10.6 Å². The molecule has 2 aromatic carbocycles. The van der Waals surface area contributed by atoms with Crippen LogP contribution in [0, 0.1) is 0 Å². The zero-order valence-electron chi connectivity index (χ0n) is 13.1. The Kier molecular flexibility index (Phi) is 5.22. The molecule has 1 heterocycles. The van der Waals surface area contributed by atoms with E-state index in [1.807, 2.05) is 18.2 Å². The Morgan fingerprint density at radius 1 is 0.960 bits per heavy atom. The van der Waals surface area contributed by atoms with Gasteiger partial charge in [0.15, 0.2) is 0 Å². The molecule has 0 aliphatic rings. The molecule has 3 aromatic rings. The van der Waals surface area contributed by atoms with Gasteiger partial charge in [0.05, 0.1) is 16.6 Å². The van der Waals surface area contributed by atoms with Gasteiger partial charge >= 0.3 is 0 Å². The van der Waals surface area contributed by atoms with E-state index in [-0.39, 0.29) is 11.1 Å². The maximum atomic E-state index is 12.6. The number of halogens is 2. The number of hydrogen-bond donors (Lipinski definition) is 1. The fourth-order valence-electron chi connectivity index (χ4n) is 2.39. The van der Waals surface area contributed by atoms with Crippen LogP contribution in [0.25, 0.3) is 0 Å². The van der Waals surface area contributed by atoms with E-state index in [2.05, 4.69) is 5.32 Å². The van der Waals surface area contributed by atoms with Gasteiger partial charge in [0.2, 0.25) is 0 Å². The second-order valence-corrected chi connectivity index (χ2v) is 6.24. The fourth-order valence-corrected chi connectivity index (χ4v) is 2.71. The molecule has 0 saturated carbocycles. The summed E-state index contributed by atoms with van der Waals surface area (Å²) < 4.78 is 1.46. The van der Waals surface area contributed by atoms with Crippen LogP contribution >= 0.6 is 23.2 Å². The Balaban J connectivity index is 1.85. The number of amides is 1. The molecule has 6 heteroatoms. The van der Waals surface area contributed by atoms with Gasteiger partial charge in [-0.3, -0.25) is 9.59 Å². The van der Waals surface area contributed by atoms with Crippen molar-refractivity contribution in [3.8, 4) is 0 Å². The lowest BCUT2D eigenvalue weighted by Gasteiger charge is -2.09. The molecule has 1 N–H and O–H groups in total. The maximum Gasteiger partial charge on any atom is 0.263 e. The molecular formula is C19H14Cl2N2O2. The first-order valence-electron chi connectivity index (χ1n) is 7.54. The number of pyridine rings is 1. The predicted molar refractivity (Wildman–Crippen MR) is 101 cm³/mol. The van der Waals surface area contributed by atoms with Crippen molar-refractivity contribution in [1.82, 2.24) is 4.57 Å². The van der Waals surface area contributed by atoms with E-state index in [4.69, 9.17) is 23.2 Å². The number of nitrogens with one attached hydrogen (secondary N) is 1. The topological polar surface area (TPSA) is 51.1 Å². The smallest absolute Gasteiger partial charge is 0.263 e. The largest absolute Gasteiger partial charge is 0.322 e. The highest BCUT2D eigenvalue weighted by atomic mass is 35.5. The fraction of sp³-hybridized carbons (Fsp3) is 0.0526. The van der Waals surface area contributed by atoms with Crippen LogP contribution in [0.5, 0.6) is 0 Å². The minimum Gasteiger partial charge on any atom is -0.322 e. The van der Waals surface area contributed by atoms with Crippen molar-refractivity contribution in [3.63, 3.8) is 0 Å². The highest BCUT2D eigenvalue weighted by Crippen LogP contribution is 2.22. The van der Waals surface area contributed by atoms with Crippen molar-refractivity contribution in [2.45, 2.75) is 6.54 Å². The summed E-state index contributed by atoms with van der Waals surface area (Å²) in [6.07, 6.45) is 1.63. The molecule has 3 rings (SSSR count). The predicted octanol–water partition coefficient (Wildman–Crippen LogP) is 4.46. The molecule has 0 unspecified atom stereocenters. The lowest BCUT2D eigenvalue weighted by atomic mass is 10.2. The molecule has 0 aliphatic heterocycles. The SMILES string of the molecule is O=C(Nc1ccccc1)c1cccn(Cc2ccc(Cl)c(Cl)c2)c1=O. The van der Waals surface area contributed by atoms with Crippen molar-refractivity contribution in [1.29, 1.82) is 0 Å². The Bertz CT molecular complexity index is 969. The second kappa shape index (κ2) is 7.55. The molecule has 0 fully saturated rings. The molecule has 126 valence electrons. The number of hydrogen-bond acceptors (Lipinski definition) is 2. The molecule has 1 aromatic heterocycles. The van der Waals surface area contributed by atoms with Crippen LogP contribution in [0.15, 0.2) is 71.7 Å². The van der Waals surface area contributed by atoms with Crippen LogP contribution in [0.4, 0.5) is 5.69 Å². The van der Waals surface area contributed by atoms with Crippen LogP contribution in [0.3, 0.4) is 0 Å². The number of benzene rings is 2. The summed E-state index contributed by atoms with van der Waals surface area (Å²) >= 11 is 11.9. The molecule has 0 atom stereocenters. The Hall–Kier alpha value is -2.56. The normalized spacial score (nSPS) is 10.5. The van der Waals surface area contributed by atoms with Crippen LogP contribution in [-0.2, 0) is 6.54 Å². The van der Waals surface area contributed by atoms with Crippen LogP contribution in [-0.4, -0.2) is 10.5 Å². The van der Waals surface area contributed by atoms with E-state index < -0.39 is 5.91 Å². The number of anilines is 1. The first-order valence-corrected chi connectivity index (χ1v) is 8.30. The zero-order valence-corrected chi connectivity index (χ0v) is 14.6. The number of aromatic nitrogens is 1. The van der Waals surface area contributed by atoms with E-state index in [9.17, 15) is 9.59 Å². The third-order valence-electron chi connectivity index (χ3n) is 3.63.